The summed E-state index contributed by atoms with van der Waals surface area (Å²) in [5.41, 5.74) is -0.0759. The predicted molar refractivity (Wildman–Crippen MR) is 77.6 cm³/mol. The number of carbonyl (C=O) groups excluding carboxylic acids is 1. The first-order valence-corrected chi connectivity index (χ1v) is 8.09. The zero-order valence-electron chi connectivity index (χ0n) is 10.9. The third kappa shape index (κ3) is 3.08. The highest BCUT2D eigenvalue weighted by Crippen LogP contribution is 2.26. The number of hydrogen-bond donors (Lipinski definition) is 1. The van der Waals surface area contributed by atoms with Gasteiger partial charge in [0.05, 0.1) is 22.2 Å². The van der Waals surface area contributed by atoms with Gasteiger partial charge in [0.1, 0.15) is 0 Å². The average molecular weight is 324 g/mol. The number of rotatable bonds is 5. The van der Waals surface area contributed by atoms with Gasteiger partial charge in [-0.15, -0.1) is 28.2 Å². The van der Waals surface area contributed by atoms with Crippen molar-refractivity contribution in [1.29, 1.82) is 0 Å². The molecule has 110 valence electrons. The molecule has 0 aromatic carbocycles. The van der Waals surface area contributed by atoms with Crippen LogP contribution in [-0.4, -0.2) is 55.7 Å². The van der Waals surface area contributed by atoms with Gasteiger partial charge in [-0.25, -0.2) is 9.48 Å². The van der Waals surface area contributed by atoms with Gasteiger partial charge in [0.25, 0.3) is 0 Å². The summed E-state index contributed by atoms with van der Waals surface area (Å²) in [4.78, 5) is 24.5. The fourth-order valence-corrected chi connectivity index (χ4v) is 3.64. The molecule has 1 aliphatic heterocycles. The number of nitrogens with zero attached hydrogens (tertiary/aromatic N) is 4. The van der Waals surface area contributed by atoms with E-state index in [4.69, 9.17) is 5.11 Å². The number of thiophene rings is 1. The molecule has 1 saturated heterocycles. The van der Waals surface area contributed by atoms with Crippen LogP contribution in [0.4, 0.5) is 0 Å². The lowest BCUT2D eigenvalue weighted by atomic mass is 10.1. The summed E-state index contributed by atoms with van der Waals surface area (Å²) in [5.74, 6) is -0.589. The minimum Gasteiger partial charge on any atom is -0.476 e. The molecule has 0 radical (unpaired) electrons. The molecule has 1 amide bonds. The van der Waals surface area contributed by atoms with E-state index in [0.29, 0.717) is 18.8 Å². The molecule has 7 nitrogen and oxygen atoms in total. The third-order valence-corrected chi connectivity index (χ3v) is 5.27. The summed E-state index contributed by atoms with van der Waals surface area (Å²) in [6, 6.07) is 3.97. The average Bonchev–Trinajstić information content (AvgIpc) is 3.06. The molecule has 3 rings (SSSR count). The monoisotopic (exact) mass is 324 g/mol. The lowest BCUT2D eigenvalue weighted by molar-refractivity contribution is -0.134. The second kappa shape index (κ2) is 5.86. The summed E-state index contributed by atoms with van der Waals surface area (Å²) in [6.07, 6.45) is 1.40. The van der Waals surface area contributed by atoms with E-state index in [1.165, 1.54) is 22.6 Å². The summed E-state index contributed by atoms with van der Waals surface area (Å²) < 4.78 is 2.64. The number of amides is 1. The van der Waals surface area contributed by atoms with Crippen LogP contribution in [0.1, 0.15) is 16.5 Å². The molecular formula is C12H12N4O3S2. The van der Waals surface area contributed by atoms with Crippen LogP contribution in [0.2, 0.25) is 0 Å². The van der Waals surface area contributed by atoms with Crippen LogP contribution in [0, 0.1) is 0 Å². The molecule has 1 aliphatic rings. The Morgan fingerprint density at radius 2 is 2.29 bits per heavy atom. The maximum absolute atomic E-state index is 12.0. The van der Waals surface area contributed by atoms with Gasteiger partial charge in [-0.05, 0) is 11.4 Å². The maximum atomic E-state index is 12.0. The van der Waals surface area contributed by atoms with Crippen molar-refractivity contribution < 1.29 is 14.7 Å². The van der Waals surface area contributed by atoms with Crippen LogP contribution < -0.4 is 0 Å². The Morgan fingerprint density at radius 1 is 1.48 bits per heavy atom. The molecule has 3 heterocycles. The van der Waals surface area contributed by atoms with E-state index in [2.05, 4.69) is 10.3 Å². The summed E-state index contributed by atoms with van der Waals surface area (Å²) >= 11 is 3.15. The highest BCUT2D eigenvalue weighted by atomic mass is 32.2. The molecule has 2 aromatic rings. The molecule has 0 atom stereocenters. The highest BCUT2D eigenvalue weighted by Gasteiger charge is 2.32. The van der Waals surface area contributed by atoms with Gasteiger partial charge >= 0.3 is 5.97 Å². The molecule has 21 heavy (non-hydrogen) atoms. The van der Waals surface area contributed by atoms with E-state index in [1.54, 1.807) is 16.2 Å². The lowest BCUT2D eigenvalue weighted by Gasteiger charge is -2.38. The van der Waals surface area contributed by atoms with Gasteiger partial charge in [-0.1, -0.05) is 11.3 Å². The highest BCUT2D eigenvalue weighted by molar-refractivity contribution is 8.01. The Bertz CT molecular complexity index is 649. The Balaban J connectivity index is 1.48. The van der Waals surface area contributed by atoms with Crippen LogP contribution in [0.25, 0.3) is 0 Å². The molecule has 0 bridgehead atoms. The Hall–Kier alpha value is -1.87. The van der Waals surface area contributed by atoms with Crippen molar-refractivity contribution in [3.05, 3.63) is 29.4 Å². The summed E-state index contributed by atoms with van der Waals surface area (Å²) in [6.45, 7) is 1.10. The third-order valence-electron chi connectivity index (χ3n) is 3.15. The normalized spacial score (nSPS) is 15.0. The molecule has 9 heteroatoms. The quantitative estimate of drug-likeness (QED) is 0.832. The molecular weight excluding hydrogens is 312 g/mol. The number of carboxylic acids is 1. The SMILES string of the molecule is O=C(O)c1cn(C2CN(C(=O)CSc3cccs3)C2)nn1. The molecule has 1 fully saturated rings. The Morgan fingerprint density at radius 3 is 2.90 bits per heavy atom. The molecule has 0 aliphatic carbocycles. The lowest BCUT2D eigenvalue weighted by Crippen LogP contribution is -2.51. The van der Waals surface area contributed by atoms with Crippen LogP contribution >= 0.6 is 23.1 Å². The summed E-state index contributed by atoms with van der Waals surface area (Å²) in [7, 11) is 0. The van der Waals surface area contributed by atoms with Crippen molar-refractivity contribution in [3.8, 4) is 0 Å². The van der Waals surface area contributed by atoms with Gasteiger partial charge < -0.3 is 10.0 Å². The Labute approximate surface area is 128 Å². The standard InChI is InChI=1S/C12H12N4O3S2/c17-10(7-21-11-2-1-3-20-11)15-4-8(5-15)16-6-9(12(18)19)13-14-16/h1-3,6,8H,4-5,7H2,(H,18,19). The predicted octanol–water partition coefficient (Wildman–Crippen LogP) is 1.21. The van der Waals surface area contributed by atoms with Gasteiger partial charge in [-0.2, -0.15) is 0 Å². The van der Waals surface area contributed by atoms with Gasteiger partial charge in [-0.3, -0.25) is 4.79 Å². The zero-order chi connectivity index (χ0) is 14.8. The molecule has 2 aromatic heterocycles. The second-order valence-electron chi connectivity index (χ2n) is 4.56. The Kier molecular flexibility index (Phi) is 3.93. The van der Waals surface area contributed by atoms with Gasteiger partial charge in [0, 0.05) is 13.1 Å². The first-order valence-electron chi connectivity index (χ1n) is 6.22. The number of hydrogen-bond acceptors (Lipinski definition) is 6. The number of likely N-dealkylation sites (tertiary alicyclic amines) is 1. The van der Waals surface area contributed by atoms with Crippen LogP contribution in [0.5, 0.6) is 0 Å². The minimum absolute atomic E-state index is 0.0151. The molecule has 0 saturated carbocycles. The largest absolute Gasteiger partial charge is 0.476 e. The minimum atomic E-state index is -1.10. The van der Waals surface area contributed by atoms with Crippen LogP contribution in [-0.2, 0) is 4.79 Å². The first-order chi connectivity index (χ1) is 10.1. The number of thioether (sulfide) groups is 1. The van der Waals surface area contributed by atoms with Crippen molar-refractivity contribution in [3.63, 3.8) is 0 Å². The number of aromatic nitrogens is 3. The number of carboxylic acid groups (broad SMARTS) is 1. The van der Waals surface area contributed by atoms with E-state index < -0.39 is 5.97 Å². The van der Waals surface area contributed by atoms with E-state index in [1.807, 2.05) is 17.5 Å². The fourth-order valence-electron chi connectivity index (χ4n) is 1.95. The van der Waals surface area contributed by atoms with Crippen LogP contribution in [0.3, 0.4) is 0 Å². The van der Waals surface area contributed by atoms with Crippen LogP contribution in [0.15, 0.2) is 27.9 Å². The summed E-state index contributed by atoms with van der Waals surface area (Å²) in [5, 5.41) is 18.1. The topological polar surface area (TPSA) is 88.3 Å². The molecule has 1 N–H and O–H groups in total. The van der Waals surface area contributed by atoms with Crippen molar-refractivity contribution in [2.45, 2.75) is 10.3 Å². The van der Waals surface area contributed by atoms with Crippen molar-refractivity contribution >= 4 is 35.0 Å². The molecule has 0 spiro atoms. The van der Waals surface area contributed by atoms with E-state index in [0.717, 1.165) is 4.21 Å². The number of aromatic carboxylic acids is 1. The maximum Gasteiger partial charge on any atom is 0.358 e. The van der Waals surface area contributed by atoms with Gasteiger partial charge in [0.15, 0.2) is 5.69 Å². The fraction of sp³-hybridized carbons (Fsp3) is 0.333. The zero-order valence-corrected chi connectivity index (χ0v) is 12.5. The van der Waals surface area contributed by atoms with Gasteiger partial charge in [0.2, 0.25) is 5.91 Å². The van der Waals surface area contributed by atoms with E-state index in [9.17, 15) is 9.59 Å². The second-order valence-corrected chi connectivity index (χ2v) is 6.79. The first kappa shape index (κ1) is 14.1. The van der Waals surface area contributed by atoms with E-state index >= 15 is 0 Å². The van der Waals surface area contributed by atoms with E-state index in [-0.39, 0.29) is 17.6 Å². The smallest absolute Gasteiger partial charge is 0.358 e. The van der Waals surface area contributed by atoms with Crippen molar-refractivity contribution in [2.75, 3.05) is 18.8 Å². The van der Waals surface area contributed by atoms with Crippen molar-refractivity contribution in [2.24, 2.45) is 0 Å². The molecule has 0 unspecified atom stereocenters. The number of carbonyl (C=O) groups is 2. The van der Waals surface area contributed by atoms with Crippen molar-refractivity contribution in [1.82, 2.24) is 19.9 Å².